The maximum absolute atomic E-state index is 13.4. The van der Waals surface area contributed by atoms with Crippen LogP contribution in [0.1, 0.15) is 23.3 Å². The quantitative estimate of drug-likeness (QED) is 0.658. The standard InChI is InChI=1S/C22H18FN3OS/c1-14-21(15-8-10-16(23)11-9-15)22(25-19-7-3-2-6-18(19)24-14)26-20(27)13-17-5-4-12-28-17/h2-12,21H,13H2,1H3,(H,25,26,27)/t21-/m1/s1. The molecular weight excluding hydrogens is 373 g/mol. The van der Waals surface area contributed by atoms with E-state index in [1.165, 1.54) is 23.5 Å². The van der Waals surface area contributed by atoms with Gasteiger partial charge >= 0.3 is 0 Å². The Morgan fingerprint density at radius 3 is 2.43 bits per heavy atom. The highest BCUT2D eigenvalue weighted by Crippen LogP contribution is 2.34. The fourth-order valence-electron chi connectivity index (χ4n) is 3.21. The minimum atomic E-state index is -0.361. The third-order valence-electron chi connectivity index (χ3n) is 4.50. The van der Waals surface area contributed by atoms with Crippen molar-refractivity contribution >= 4 is 40.2 Å². The summed E-state index contributed by atoms with van der Waals surface area (Å²) in [5.74, 6) is -0.310. The Labute approximate surface area is 166 Å². The highest BCUT2D eigenvalue weighted by molar-refractivity contribution is 7.10. The van der Waals surface area contributed by atoms with Crippen LogP contribution in [-0.4, -0.2) is 17.5 Å². The van der Waals surface area contributed by atoms with Crippen LogP contribution in [-0.2, 0) is 11.2 Å². The molecule has 2 heterocycles. The molecule has 1 aromatic heterocycles. The fraction of sp³-hybridized carbons (Fsp3) is 0.136. The zero-order valence-corrected chi connectivity index (χ0v) is 16.0. The van der Waals surface area contributed by atoms with E-state index in [0.717, 1.165) is 21.8 Å². The van der Waals surface area contributed by atoms with E-state index in [0.29, 0.717) is 11.5 Å². The molecule has 4 nitrogen and oxygen atoms in total. The molecular formula is C22H18FN3OS. The van der Waals surface area contributed by atoms with Crippen molar-refractivity contribution < 1.29 is 9.18 Å². The van der Waals surface area contributed by atoms with E-state index >= 15 is 0 Å². The summed E-state index contributed by atoms with van der Waals surface area (Å²) in [4.78, 5) is 23.1. The molecule has 1 aliphatic heterocycles. The predicted molar refractivity (Wildman–Crippen MR) is 112 cm³/mol. The van der Waals surface area contributed by atoms with Crippen LogP contribution in [0, 0.1) is 5.82 Å². The van der Waals surface area contributed by atoms with Gasteiger partial charge in [0, 0.05) is 10.6 Å². The number of para-hydroxylation sites is 2. The van der Waals surface area contributed by atoms with Crippen LogP contribution in [0.4, 0.5) is 15.8 Å². The van der Waals surface area contributed by atoms with E-state index in [9.17, 15) is 9.18 Å². The van der Waals surface area contributed by atoms with Gasteiger partial charge in [-0.1, -0.05) is 30.3 Å². The molecule has 1 aliphatic rings. The zero-order chi connectivity index (χ0) is 19.5. The summed E-state index contributed by atoms with van der Waals surface area (Å²) in [6.07, 6.45) is 0.282. The number of fused-ring (bicyclic) bond motifs is 1. The molecule has 28 heavy (non-hydrogen) atoms. The maximum Gasteiger partial charge on any atom is 0.230 e. The number of amides is 1. The first-order valence-corrected chi connectivity index (χ1v) is 9.78. The number of carbonyl (C=O) groups excluding carboxylic acids is 1. The second kappa shape index (κ2) is 7.86. The van der Waals surface area contributed by atoms with Crippen LogP contribution >= 0.6 is 11.3 Å². The summed E-state index contributed by atoms with van der Waals surface area (Å²) < 4.78 is 13.4. The van der Waals surface area contributed by atoms with Crippen molar-refractivity contribution in [3.63, 3.8) is 0 Å². The molecule has 0 bridgehead atoms. The number of thiophene rings is 1. The predicted octanol–water partition coefficient (Wildman–Crippen LogP) is 5.17. The molecule has 6 heteroatoms. The topological polar surface area (TPSA) is 53.8 Å². The molecule has 1 atom stereocenters. The maximum atomic E-state index is 13.4. The Morgan fingerprint density at radius 1 is 1.04 bits per heavy atom. The fourth-order valence-corrected chi connectivity index (χ4v) is 3.92. The number of benzene rings is 2. The van der Waals surface area contributed by atoms with Crippen LogP contribution in [0.5, 0.6) is 0 Å². The number of hydrogen-bond acceptors (Lipinski definition) is 4. The van der Waals surface area contributed by atoms with Gasteiger partial charge in [0.1, 0.15) is 11.7 Å². The van der Waals surface area contributed by atoms with Crippen molar-refractivity contribution in [1.82, 2.24) is 5.32 Å². The van der Waals surface area contributed by atoms with Gasteiger partial charge in [-0.2, -0.15) is 0 Å². The Kier molecular flexibility index (Phi) is 5.12. The summed E-state index contributed by atoms with van der Waals surface area (Å²) in [7, 11) is 0. The van der Waals surface area contributed by atoms with E-state index in [1.54, 1.807) is 12.1 Å². The smallest absolute Gasteiger partial charge is 0.230 e. The van der Waals surface area contributed by atoms with E-state index in [-0.39, 0.29) is 24.1 Å². The van der Waals surface area contributed by atoms with Crippen LogP contribution in [0.15, 0.2) is 76.0 Å². The number of nitrogens with one attached hydrogen (secondary N) is 1. The van der Waals surface area contributed by atoms with Gasteiger partial charge < -0.3 is 5.32 Å². The molecule has 0 saturated heterocycles. The average molecular weight is 391 g/mol. The first kappa shape index (κ1) is 18.3. The highest BCUT2D eigenvalue weighted by atomic mass is 32.1. The van der Waals surface area contributed by atoms with E-state index < -0.39 is 0 Å². The van der Waals surface area contributed by atoms with Gasteiger partial charge in [0.2, 0.25) is 5.91 Å². The summed E-state index contributed by atoms with van der Waals surface area (Å²) >= 11 is 1.54. The molecule has 0 saturated carbocycles. The first-order valence-electron chi connectivity index (χ1n) is 8.90. The summed E-state index contributed by atoms with van der Waals surface area (Å²) in [5, 5.41) is 4.92. The summed E-state index contributed by atoms with van der Waals surface area (Å²) in [6, 6.07) is 17.6. The molecule has 140 valence electrons. The average Bonchev–Trinajstić information content (AvgIpc) is 3.13. The first-order chi connectivity index (χ1) is 13.6. The zero-order valence-electron chi connectivity index (χ0n) is 15.2. The van der Waals surface area contributed by atoms with Gasteiger partial charge in [0.05, 0.1) is 23.7 Å². The van der Waals surface area contributed by atoms with Crippen LogP contribution in [0.2, 0.25) is 0 Å². The molecule has 0 unspecified atom stereocenters. The molecule has 4 rings (SSSR count). The van der Waals surface area contributed by atoms with Gasteiger partial charge in [-0.3, -0.25) is 9.79 Å². The molecule has 2 aromatic carbocycles. The lowest BCUT2D eigenvalue weighted by Crippen LogP contribution is -2.37. The molecule has 3 aromatic rings. The Morgan fingerprint density at radius 2 is 1.75 bits per heavy atom. The van der Waals surface area contributed by atoms with Crippen molar-refractivity contribution in [2.75, 3.05) is 0 Å². The second-order valence-electron chi connectivity index (χ2n) is 6.53. The summed E-state index contributed by atoms with van der Waals surface area (Å²) in [5.41, 5.74) is 3.05. The van der Waals surface area contributed by atoms with Crippen molar-refractivity contribution in [1.29, 1.82) is 0 Å². The lowest BCUT2D eigenvalue weighted by molar-refractivity contribution is -0.119. The Hall–Kier alpha value is -3.12. The molecule has 0 fully saturated rings. The number of halogens is 1. The van der Waals surface area contributed by atoms with E-state index in [2.05, 4.69) is 5.32 Å². The van der Waals surface area contributed by atoms with Crippen molar-refractivity contribution in [2.24, 2.45) is 9.98 Å². The van der Waals surface area contributed by atoms with Crippen LogP contribution in [0.3, 0.4) is 0 Å². The Bertz CT molecular complexity index is 1060. The van der Waals surface area contributed by atoms with Gasteiger partial charge in [-0.15, -0.1) is 11.3 Å². The van der Waals surface area contributed by atoms with Crippen LogP contribution < -0.4 is 5.32 Å². The van der Waals surface area contributed by atoms with Crippen molar-refractivity contribution in [3.05, 3.63) is 82.3 Å². The Balaban J connectivity index is 1.73. The van der Waals surface area contributed by atoms with Gasteiger partial charge in [0.25, 0.3) is 0 Å². The lowest BCUT2D eigenvalue weighted by atomic mass is 9.93. The summed E-state index contributed by atoms with van der Waals surface area (Å²) in [6.45, 7) is 1.90. The largest absolute Gasteiger partial charge is 0.313 e. The van der Waals surface area contributed by atoms with Gasteiger partial charge in [-0.05, 0) is 48.2 Å². The number of rotatable bonds is 3. The van der Waals surface area contributed by atoms with E-state index in [1.807, 2.05) is 48.7 Å². The van der Waals surface area contributed by atoms with E-state index in [4.69, 9.17) is 9.98 Å². The van der Waals surface area contributed by atoms with Gasteiger partial charge in [-0.25, -0.2) is 9.38 Å². The van der Waals surface area contributed by atoms with Crippen molar-refractivity contribution in [3.8, 4) is 0 Å². The molecule has 0 spiro atoms. The third kappa shape index (κ3) is 3.92. The number of hydrogen-bond donors (Lipinski definition) is 1. The van der Waals surface area contributed by atoms with Crippen LogP contribution in [0.25, 0.3) is 0 Å². The highest BCUT2D eigenvalue weighted by Gasteiger charge is 2.26. The van der Waals surface area contributed by atoms with Gasteiger partial charge in [0.15, 0.2) is 0 Å². The second-order valence-corrected chi connectivity index (χ2v) is 7.56. The van der Waals surface area contributed by atoms with Crippen molar-refractivity contribution in [2.45, 2.75) is 19.3 Å². The third-order valence-corrected chi connectivity index (χ3v) is 5.37. The number of carbonyl (C=O) groups is 1. The molecule has 1 amide bonds. The molecule has 1 N–H and O–H groups in total. The molecule has 0 radical (unpaired) electrons. The minimum absolute atomic E-state index is 0.138. The lowest BCUT2D eigenvalue weighted by Gasteiger charge is -2.19. The normalized spacial score (nSPS) is 15.9. The number of nitrogens with zero attached hydrogens (tertiary/aromatic N) is 2. The number of amidine groups is 1. The SMILES string of the molecule is CC1=Nc2ccccc2N=C(NC(=O)Cc2cccs2)[C@H]1c1ccc(F)cc1. The monoisotopic (exact) mass is 391 g/mol. The molecule has 0 aliphatic carbocycles. The minimum Gasteiger partial charge on any atom is -0.313 e. The number of aliphatic imine (C=N–C) groups is 2.